The zero-order valence-electron chi connectivity index (χ0n) is 28.7. The van der Waals surface area contributed by atoms with E-state index in [0.29, 0.717) is 42.0 Å². The molecule has 0 saturated heterocycles. The lowest BCUT2D eigenvalue weighted by molar-refractivity contribution is -0.144. The predicted octanol–water partition coefficient (Wildman–Crippen LogP) is 7.63. The van der Waals surface area contributed by atoms with Crippen molar-refractivity contribution in [3.63, 3.8) is 0 Å². The third-order valence-corrected chi connectivity index (χ3v) is 9.89. The molecule has 0 fully saturated rings. The minimum atomic E-state index is -0.976. The minimum absolute atomic E-state index is 0.0603. The number of benzene rings is 3. The average Bonchev–Trinajstić information content (AvgIpc) is 3.49. The van der Waals surface area contributed by atoms with Gasteiger partial charge in [0.25, 0.3) is 0 Å². The Morgan fingerprint density at radius 2 is 1.60 bits per heavy atom. The summed E-state index contributed by atoms with van der Waals surface area (Å²) in [5.41, 5.74) is 3.44. The molecule has 4 rings (SSSR count). The van der Waals surface area contributed by atoms with Crippen LogP contribution in [0.25, 0.3) is 0 Å². The summed E-state index contributed by atoms with van der Waals surface area (Å²) in [5.74, 6) is -1.17. The Balaban J connectivity index is 1.82. The number of nitrogens with one attached hydrogen (secondary N) is 2. The molecule has 0 radical (unpaired) electrons. The molecule has 1 unspecified atom stereocenters. The lowest BCUT2D eigenvalue weighted by Gasteiger charge is -2.39. The van der Waals surface area contributed by atoms with Crippen LogP contribution in [-0.4, -0.2) is 51.9 Å². The second-order valence-electron chi connectivity index (χ2n) is 13.3. The summed E-state index contributed by atoms with van der Waals surface area (Å²) in [7, 11) is 0. The number of nitrogens with zero attached hydrogens (tertiary/aromatic N) is 1. The number of amides is 3. The van der Waals surface area contributed by atoms with Crippen molar-refractivity contribution in [3.05, 3.63) is 94.0 Å². The van der Waals surface area contributed by atoms with Crippen molar-refractivity contribution in [2.75, 3.05) is 11.6 Å². The molecule has 48 heavy (non-hydrogen) atoms. The highest BCUT2D eigenvalue weighted by Gasteiger charge is 2.43. The zero-order chi connectivity index (χ0) is 35.0. The number of halogens is 1. The number of carbonyl (C=O) groups excluding carboxylic acids is 3. The summed E-state index contributed by atoms with van der Waals surface area (Å²) in [6.45, 7) is 9.19. The molecule has 8 nitrogen and oxygen atoms in total. The van der Waals surface area contributed by atoms with Gasteiger partial charge >= 0.3 is 6.09 Å². The molecule has 0 bridgehead atoms. The largest absolute Gasteiger partial charge is 0.444 e. The quantitative estimate of drug-likeness (QED) is 0.159. The first kappa shape index (κ1) is 37.3. The maximum atomic E-state index is 15.2. The topological polar surface area (TPSA) is 108 Å². The van der Waals surface area contributed by atoms with Gasteiger partial charge in [-0.3, -0.25) is 9.59 Å². The molecular formula is C38H48ClN3O5S. The molecule has 2 atom stereocenters. The van der Waals surface area contributed by atoms with Crippen molar-refractivity contribution in [1.82, 2.24) is 10.2 Å². The number of aliphatic hydroxyl groups is 1. The SMILES string of the molecule is CCC(CC)C(C(=O)Nc1ccc(Cl)cc1)N(Cc1ccc(SC)cc1CO)C(=O)[C@H](NC(=O)OC(C)(C)C)C1Cc2ccccc2C1. The molecule has 0 spiro atoms. The Hall–Kier alpha value is -3.53. The molecule has 3 N–H and O–H groups in total. The molecule has 1 aliphatic rings. The van der Waals surface area contributed by atoms with Crippen molar-refractivity contribution < 1.29 is 24.2 Å². The highest BCUT2D eigenvalue weighted by molar-refractivity contribution is 7.98. The molecule has 0 aromatic heterocycles. The van der Waals surface area contributed by atoms with Crippen molar-refractivity contribution in [2.45, 2.75) is 96.0 Å². The van der Waals surface area contributed by atoms with Crippen LogP contribution in [0, 0.1) is 11.8 Å². The van der Waals surface area contributed by atoms with Crippen LogP contribution >= 0.6 is 23.4 Å². The second-order valence-corrected chi connectivity index (χ2v) is 14.7. The van der Waals surface area contributed by atoms with Crippen molar-refractivity contribution >= 4 is 47.0 Å². The molecule has 0 aliphatic heterocycles. The van der Waals surface area contributed by atoms with Gasteiger partial charge in [0.2, 0.25) is 11.8 Å². The Kier molecular flexibility index (Phi) is 13.0. The van der Waals surface area contributed by atoms with E-state index in [4.69, 9.17) is 16.3 Å². The van der Waals surface area contributed by atoms with Crippen molar-refractivity contribution in [3.8, 4) is 0 Å². The Morgan fingerprint density at radius 1 is 0.979 bits per heavy atom. The second kappa shape index (κ2) is 16.7. The fourth-order valence-corrected chi connectivity index (χ4v) is 7.04. The van der Waals surface area contributed by atoms with Crippen LogP contribution in [0.3, 0.4) is 0 Å². The van der Waals surface area contributed by atoms with E-state index in [2.05, 4.69) is 22.8 Å². The molecular weight excluding hydrogens is 646 g/mol. The van der Waals surface area contributed by atoms with Gasteiger partial charge in [-0.1, -0.05) is 68.6 Å². The third kappa shape index (κ3) is 9.55. The summed E-state index contributed by atoms with van der Waals surface area (Å²) in [6, 6.07) is 18.8. The highest BCUT2D eigenvalue weighted by atomic mass is 35.5. The number of thioether (sulfide) groups is 1. The third-order valence-electron chi connectivity index (χ3n) is 8.91. The normalized spacial score (nSPS) is 14.3. The van der Waals surface area contributed by atoms with Gasteiger partial charge in [-0.25, -0.2) is 4.79 Å². The number of ether oxygens (including phenoxy) is 1. The first-order chi connectivity index (χ1) is 22.9. The maximum absolute atomic E-state index is 15.2. The number of anilines is 1. The van der Waals surface area contributed by atoms with Crippen LogP contribution in [0.4, 0.5) is 10.5 Å². The summed E-state index contributed by atoms with van der Waals surface area (Å²) in [5, 5.41) is 16.9. The molecule has 3 amide bonds. The lowest BCUT2D eigenvalue weighted by Crippen LogP contribution is -2.59. The summed E-state index contributed by atoms with van der Waals surface area (Å²) >= 11 is 7.68. The van der Waals surface area contributed by atoms with Gasteiger partial charge in [-0.15, -0.1) is 11.8 Å². The van der Waals surface area contributed by atoms with Gasteiger partial charge in [-0.2, -0.15) is 0 Å². The van der Waals surface area contributed by atoms with Crippen LogP contribution < -0.4 is 10.6 Å². The standard InChI is InChI=1S/C38H48ClN3O5S/c1-7-24(8-2)34(35(44)40-31-16-14-30(39)15-17-31)42(22-27-13-18-32(48-6)21-29(27)23-43)36(45)33(41-37(46)47-38(3,4)5)28-19-25-11-9-10-12-26(25)20-28/h9-18,21,24,28,33-34,43H,7-8,19-20,22-23H2,1-6H3,(H,40,44)(H,41,46)/t33-,34?/m1/s1. The molecule has 258 valence electrons. The van der Waals surface area contributed by atoms with Crippen LogP contribution in [0.1, 0.15) is 69.7 Å². The summed E-state index contributed by atoms with van der Waals surface area (Å²) < 4.78 is 5.66. The molecule has 3 aromatic carbocycles. The highest BCUT2D eigenvalue weighted by Crippen LogP contribution is 2.32. The van der Waals surface area contributed by atoms with Gasteiger partial charge in [0.15, 0.2) is 0 Å². The van der Waals surface area contributed by atoms with Crippen molar-refractivity contribution in [2.24, 2.45) is 11.8 Å². The monoisotopic (exact) mass is 693 g/mol. The fourth-order valence-electron chi connectivity index (χ4n) is 6.45. The average molecular weight is 694 g/mol. The maximum Gasteiger partial charge on any atom is 0.408 e. The number of hydrogen-bond acceptors (Lipinski definition) is 6. The lowest BCUT2D eigenvalue weighted by atomic mass is 9.89. The number of fused-ring (bicyclic) bond motifs is 1. The van der Waals surface area contributed by atoms with E-state index in [1.54, 1.807) is 61.7 Å². The molecule has 1 aliphatic carbocycles. The Labute approximate surface area is 294 Å². The number of rotatable bonds is 13. The van der Waals surface area contributed by atoms with E-state index in [1.165, 1.54) is 0 Å². The van der Waals surface area contributed by atoms with Crippen LogP contribution in [-0.2, 0) is 40.3 Å². The Bertz CT molecular complexity index is 1550. The predicted molar refractivity (Wildman–Crippen MR) is 193 cm³/mol. The van der Waals surface area contributed by atoms with E-state index < -0.39 is 23.8 Å². The van der Waals surface area contributed by atoms with Gasteiger partial charge in [0, 0.05) is 22.2 Å². The first-order valence-corrected chi connectivity index (χ1v) is 18.2. The number of hydrogen-bond donors (Lipinski definition) is 3. The van der Waals surface area contributed by atoms with E-state index in [1.807, 2.05) is 50.4 Å². The van der Waals surface area contributed by atoms with Crippen molar-refractivity contribution in [1.29, 1.82) is 0 Å². The molecule has 0 heterocycles. The molecule has 3 aromatic rings. The van der Waals surface area contributed by atoms with E-state index in [0.717, 1.165) is 21.6 Å². The van der Waals surface area contributed by atoms with E-state index in [-0.39, 0.29) is 36.8 Å². The summed E-state index contributed by atoms with van der Waals surface area (Å²) in [6.07, 6.45) is 3.72. The first-order valence-electron chi connectivity index (χ1n) is 16.6. The number of carbonyl (C=O) groups is 3. The Morgan fingerprint density at radius 3 is 2.15 bits per heavy atom. The number of alkyl carbamates (subject to hydrolysis) is 1. The van der Waals surface area contributed by atoms with Crippen LogP contribution in [0.2, 0.25) is 5.02 Å². The summed E-state index contributed by atoms with van der Waals surface area (Å²) in [4.78, 5) is 45.5. The van der Waals surface area contributed by atoms with Gasteiger partial charge < -0.3 is 25.4 Å². The van der Waals surface area contributed by atoms with E-state index in [9.17, 15) is 14.7 Å². The van der Waals surface area contributed by atoms with Gasteiger partial charge in [0.05, 0.1) is 6.61 Å². The van der Waals surface area contributed by atoms with Gasteiger partial charge in [-0.05, 0) is 110 Å². The molecule has 10 heteroatoms. The molecule has 0 saturated carbocycles. The zero-order valence-corrected chi connectivity index (χ0v) is 30.3. The fraction of sp³-hybridized carbons (Fsp3) is 0.447. The van der Waals surface area contributed by atoms with E-state index >= 15 is 4.79 Å². The van der Waals surface area contributed by atoms with Crippen LogP contribution in [0.15, 0.2) is 71.6 Å². The minimum Gasteiger partial charge on any atom is -0.444 e. The van der Waals surface area contributed by atoms with Crippen LogP contribution in [0.5, 0.6) is 0 Å². The van der Waals surface area contributed by atoms with Gasteiger partial charge in [0.1, 0.15) is 17.7 Å². The number of aliphatic hydroxyl groups excluding tert-OH is 1. The smallest absolute Gasteiger partial charge is 0.408 e.